The Morgan fingerprint density at radius 2 is 2.44 bits per heavy atom. The Morgan fingerprint density at radius 1 is 1.62 bits per heavy atom. The molecular weight excluding hydrogens is 227 g/mol. The second-order valence-corrected chi connectivity index (χ2v) is 4.78. The fourth-order valence-electron chi connectivity index (χ4n) is 1.77. The van der Waals surface area contributed by atoms with Gasteiger partial charge in [0.25, 0.3) is 0 Å². The summed E-state index contributed by atoms with van der Waals surface area (Å²) in [4.78, 5) is 12.3. The van der Waals surface area contributed by atoms with Crippen LogP contribution in [0.5, 0.6) is 0 Å². The summed E-state index contributed by atoms with van der Waals surface area (Å²) >= 11 is 1.69. The van der Waals surface area contributed by atoms with Gasteiger partial charge in [0, 0.05) is 10.6 Å². The Balaban J connectivity index is 2.24. The number of hydrogen-bond acceptors (Lipinski definition) is 3. The molecule has 2 rings (SSSR count). The van der Waals surface area contributed by atoms with Crippen molar-refractivity contribution in [3.05, 3.63) is 29.6 Å². The minimum absolute atomic E-state index is 0.0334. The van der Waals surface area contributed by atoms with Gasteiger partial charge in [0.1, 0.15) is 5.82 Å². The fraction of sp³-hybridized carbons (Fsp3) is 0.364. The lowest BCUT2D eigenvalue weighted by Gasteiger charge is -2.25. The third kappa shape index (κ3) is 2.36. The Kier molecular flexibility index (Phi) is 3.46. The average molecular weight is 240 g/mol. The van der Waals surface area contributed by atoms with E-state index in [2.05, 4.69) is 5.32 Å². The van der Waals surface area contributed by atoms with Gasteiger partial charge in [-0.1, -0.05) is 0 Å². The predicted octanol–water partition coefficient (Wildman–Crippen LogP) is 1.44. The van der Waals surface area contributed by atoms with Gasteiger partial charge >= 0.3 is 0 Å². The molecular formula is C11H13FN2OS. The smallest absolute Gasteiger partial charge is 0.234 e. The molecule has 1 unspecified atom stereocenters. The van der Waals surface area contributed by atoms with Crippen molar-refractivity contribution in [3.8, 4) is 0 Å². The highest BCUT2D eigenvalue weighted by Crippen LogP contribution is 2.36. The van der Waals surface area contributed by atoms with Crippen molar-refractivity contribution in [2.45, 2.75) is 17.4 Å². The molecule has 3 N–H and O–H groups in total. The molecule has 0 saturated heterocycles. The van der Waals surface area contributed by atoms with Crippen molar-refractivity contribution in [3.63, 3.8) is 0 Å². The van der Waals surface area contributed by atoms with Crippen LogP contribution in [0.15, 0.2) is 23.1 Å². The summed E-state index contributed by atoms with van der Waals surface area (Å²) in [6.45, 7) is -0.0334. The Morgan fingerprint density at radius 3 is 3.19 bits per heavy atom. The number of hydrogen-bond donors (Lipinski definition) is 2. The first kappa shape index (κ1) is 11.4. The Hall–Kier alpha value is -1.07. The molecule has 1 aromatic rings. The van der Waals surface area contributed by atoms with Crippen LogP contribution in [-0.4, -0.2) is 18.2 Å². The molecule has 1 aliphatic heterocycles. The third-order valence-electron chi connectivity index (χ3n) is 2.53. The SMILES string of the molecule is NCC(=O)NC1CCSc2ccc(F)cc21. The zero-order valence-corrected chi connectivity index (χ0v) is 9.52. The predicted molar refractivity (Wildman–Crippen MR) is 61.7 cm³/mol. The molecule has 1 atom stereocenters. The van der Waals surface area contributed by atoms with E-state index in [4.69, 9.17) is 5.73 Å². The number of benzene rings is 1. The first-order valence-corrected chi connectivity index (χ1v) is 6.11. The molecule has 3 nitrogen and oxygen atoms in total. The molecule has 1 heterocycles. The van der Waals surface area contributed by atoms with Crippen LogP contribution in [0.25, 0.3) is 0 Å². The van der Waals surface area contributed by atoms with Gasteiger partial charge in [-0.3, -0.25) is 4.79 Å². The zero-order valence-electron chi connectivity index (χ0n) is 8.70. The van der Waals surface area contributed by atoms with Crippen LogP contribution in [0.3, 0.4) is 0 Å². The molecule has 0 spiro atoms. The molecule has 0 radical (unpaired) electrons. The van der Waals surface area contributed by atoms with E-state index in [1.165, 1.54) is 12.1 Å². The van der Waals surface area contributed by atoms with E-state index in [-0.39, 0.29) is 24.3 Å². The standard InChI is InChI=1S/C11H13FN2OS/c12-7-1-2-10-8(5-7)9(3-4-16-10)14-11(15)6-13/h1-2,5,9H,3-4,6,13H2,(H,14,15). The first-order valence-electron chi connectivity index (χ1n) is 5.12. The molecule has 0 aromatic heterocycles. The minimum Gasteiger partial charge on any atom is -0.348 e. The highest BCUT2D eigenvalue weighted by molar-refractivity contribution is 7.99. The van der Waals surface area contributed by atoms with E-state index in [9.17, 15) is 9.18 Å². The van der Waals surface area contributed by atoms with Crippen LogP contribution in [0.1, 0.15) is 18.0 Å². The average Bonchev–Trinajstić information content (AvgIpc) is 2.29. The summed E-state index contributed by atoms with van der Waals surface area (Å²) in [5, 5.41) is 2.81. The number of thioether (sulfide) groups is 1. The summed E-state index contributed by atoms with van der Waals surface area (Å²) in [5.74, 6) is 0.453. The highest BCUT2D eigenvalue weighted by atomic mass is 32.2. The van der Waals surface area contributed by atoms with Crippen LogP contribution < -0.4 is 11.1 Å². The maximum absolute atomic E-state index is 13.1. The van der Waals surface area contributed by atoms with Crippen molar-refractivity contribution < 1.29 is 9.18 Å². The lowest BCUT2D eigenvalue weighted by molar-refractivity contribution is -0.120. The second kappa shape index (κ2) is 4.84. The van der Waals surface area contributed by atoms with Gasteiger partial charge in [-0.2, -0.15) is 0 Å². The summed E-state index contributed by atoms with van der Waals surface area (Å²) in [5.41, 5.74) is 6.11. The van der Waals surface area contributed by atoms with Crippen molar-refractivity contribution in [1.29, 1.82) is 0 Å². The second-order valence-electron chi connectivity index (χ2n) is 3.64. The van der Waals surface area contributed by atoms with Crippen molar-refractivity contribution in [2.75, 3.05) is 12.3 Å². The Bertz CT molecular complexity index is 411. The molecule has 86 valence electrons. The molecule has 5 heteroatoms. The lowest BCUT2D eigenvalue weighted by Crippen LogP contribution is -2.35. The van der Waals surface area contributed by atoms with Crippen LogP contribution in [0, 0.1) is 5.82 Å². The Labute approximate surface area is 97.6 Å². The van der Waals surface area contributed by atoms with E-state index >= 15 is 0 Å². The van der Waals surface area contributed by atoms with Crippen molar-refractivity contribution in [2.24, 2.45) is 5.73 Å². The molecule has 1 aromatic carbocycles. The van der Waals surface area contributed by atoms with Gasteiger partial charge in [-0.25, -0.2) is 4.39 Å². The van der Waals surface area contributed by atoms with E-state index in [0.717, 1.165) is 22.6 Å². The van der Waals surface area contributed by atoms with Gasteiger partial charge < -0.3 is 11.1 Å². The van der Waals surface area contributed by atoms with Gasteiger partial charge in [-0.15, -0.1) is 11.8 Å². The van der Waals surface area contributed by atoms with E-state index in [0.29, 0.717) is 0 Å². The largest absolute Gasteiger partial charge is 0.348 e. The number of nitrogens with one attached hydrogen (secondary N) is 1. The number of nitrogens with two attached hydrogens (primary N) is 1. The molecule has 1 aliphatic rings. The number of amides is 1. The van der Waals surface area contributed by atoms with Crippen LogP contribution in [0.4, 0.5) is 4.39 Å². The van der Waals surface area contributed by atoms with Crippen molar-refractivity contribution >= 4 is 17.7 Å². The summed E-state index contributed by atoms with van der Waals surface area (Å²) in [6, 6.07) is 4.58. The maximum Gasteiger partial charge on any atom is 0.234 e. The normalized spacial score (nSPS) is 19.0. The summed E-state index contributed by atoms with van der Waals surface area (Å²) in [7, 11) is 0. The topological polar surface area (TPSA) is 55.1 Å². The molecule has 0 bridgehead atoms. The van der Waals surface area contributed by atoms with E-state index < -0.39 is 0 Å². The third-order valence-corrected chi connectivity index (χ3v) is 3.65. The first-order chi connectivity index (χ1) is 7.70. The van der Waals surface area contributed by atoms with Gasteiger partial charge in [0.2, 0.25) is 5.91 Å². The van der Waals surface area contributed by atoms with Gasteiger partial charge in [0.15, 0.2) is 0 Å². The quantitative estimate of drug-likeness (QED) is 0.822. The zero-order chi connectivity index (χ0) is 11.5. The number of carbonyl (C=O) groups is 1. The summed E-state index contributed by atoms with van der Waals surface area (Å²) in [6.07, 6.45) is 0.812. The fourth-order valence-corrected chi connectivity index (χ4v) is 2.87. The van der Waals surface area contributed by atoms with E-state index in [1.807, 2.05) is 0 Å². The molecule has 0 fully saturated rings. The minimum atomic E-state index is -0.270. The highest BCUT2D eigenvalue weighted by Gasteiger charge is 2.22. The van der Waals surface area contributed by atoms with Gasteiger partial charge in [0.05, 0.1) is 12.6 Å². The molecule has 0 aliphatic carbocycles. The molecule has 1 amide bonds. The van der Waals surface area contributed by atoms with E-state index in [1.54, 1.807) is 17.8 Å². The van der Waals surface area contributed by atoms with Crippen LogP contribution in [-0.2, 0) is 4.79 Å². The molecule has 0 saturated carbocycles. The number of carbonyl (C=O) groups excluding carboxylic acids is 1. The number of fused-ring (bicyclic) bond motifs is 1. The number of halogens is 1. The van der Waals surface area contributed by atoms with Crippen LogP contribution in [0.2, 0.25) is 0 Å². The maximum atomic E-state index is 13.1. The summed E-state index contributed by atoms with van der Waals surface area (Å²) < 4.78 is 13.1. The number of rotatable bonds is 2. The van der Waals surface area contributed by atoms with Crippen LogP contribution >= 0.6 is 11.8 Å². The van der Waals surface area contributed by atoms with Crippen molar-refractivity contribution in [1.82, 2.24) is 5.32 Å². The van der Waals surface area contributed by atoms with Gasteiger partial charge in [-0.05, 0) is 30.2 Å². The molecule has 16 heavy (non-hydrogen) atoms. The monoisotopic (exact) mass is 240 g/mol. The lowest BCUT2D eigenvalue weighted by atomic mass is 10.0.